The Balaban J connectivity index is 1.48. The number of nitrogens with zero attached hydrogens (tertiary/aromatic N) is 5. The summed E-state index contributed by atoms with van der Waals surface area (Å²) < 4.78 is 6.40. The molecule has 1 N–H and O–H groups in total. The zero-order chi connectivity index (χ0) is 18.8. The van der Waals surface area contributed by atoms with Crippen LogP contribution in [0.2, 0.25) is 0 Å². The Bertz CT molecular complexity index is 919. The van der Waals surface area contributed by atoms with Crippen LogP contribution in [0.25, 0.3) is 10.2 Å². The van der Waals surface area contributed by atoms with E-state index >= 15 is 0 Å². The number of hydrogen-bond acceptors (Lipinski definition) is 8. The molecule has 2 aromatic heterocycles. The van der Waals surface area contributed by atoms with E-state index in [1.54, 1.807) is 24.6 Å². The maximum absolute atomic E-state index is 5.26. The second-order valence-corrected chi connectivity index (χ2v) is 8.08. The molecule has 3 aromatic rings. The van der Waals surface area contributed by atoms with E-state index in [9.17, 15) is 0 Å². The molecule has 8 heteroatoms. The first-order chi connectivity index (χ1) is 13.1. The van der Waals surface area contributed by atoms with Crippen LogP contribution in [0.3, 0.4) is 0 Å². The van der Waals surface area contributed by atoms with Crippen molar-refractivity contribution >= 4 is 33.3 Å². The molecule has 0 aliphatic carbocycles. The number of benzene rings is 1. The summed E-state index contributed by atoms with van der Waals surface area (Å²) in [6.45, 7) is 5.07. The van der Waals surface area contributed by atoms with Crippen LogP contribution in [-0.4, -0.2) is 39.4 Å². The molecule has 7 nitrogen and oxygen atoms in total. The zero-order valence-electron chi connectivity index (χ0n) is 15.8. The summed E-state index contributed by atoms with van der Waals surface area (Å²) in [5.41, 5.74) is 0.944. The monoisotopic (exact) mass is 384 g/mol. The average Bonchev–Trinajstić information content (AvgIpc) is 3.08. The highest BCUT2D eigenvalue weighted by atomic mass is 32.1. The second kappa shape index (κ2) is 7.64. The molecule has 142 valence electrons. The van der Waals surface area contributed by atoms with Crippen LogP contribution in [0.4, 0.5) is 11.8 Å². The zero-order valence-corrected chi connectivity index (χ0v) is 16.7. The van der Waals surface area contributed by atoms with Gasteiger partial charge in [-0.3, -0.25) is 0 Å². The van der Waals surface area contributed by atoms with Gasteiger partial charge in [-0.05, 0) is 45.2 Å². The number of hydrogen-bond donors (Lipinski definition) is 1. The van der Waals surface area contributed by atoms with Crippen molar-refractivity contribution in [1.29, 1.82) is 0 Å². The van der Waals surface area contributed by atoms with Crippen molar-refractivity contribution in [3.05, 3.63) is 29.4 Å². The van der Waals surface area contributed by atoms with E-state index in [1.165, 1.54) is 19.3 Å². The molecule has 2 atom stereocenters. The lowest BCUT2D eigenvalue weighted by Crippen LogP contribution is -2.44. The van der Waals surface area contributed by atoms with E-state index in [0.29, 0.717) is 24.6 Å². The van der Waals surface area contributed by atoms with Gasteiger partial charge in [0.05, 0.1) is 30.1 Å². The maximum atomic E-state index is 5.26. The van der Waals surface area contributed by atoms with Crippen LogP contribution in [0.15, 0.2) is 24.4 Å². The molecule has 0 amide bonds. The summed E-state index contributed by atoms with van der Waals surface area (Å²) >= 11 is 1.65. The molecular weight excluding hydrogens is 360 g/mol. The number of ether oxygens (including phenoxy) is 1. The third kappa shape index (κ3) is 3.80. The van der Waals surface area contributed by atoms with Crippen molar-refractivity contribution in [2.75, 3.05) is 17.3 Å². The summed E-state index contributed by atoms with van der Waals surface area (Å²) in [6, 6.07) is 6.88. The van der Waals surface area contributed by atoms with Gasteiger partial charge in [0.25, 0.3) is 0 Å². The number of thiazole rings is 1. The summed E-state index contributed by atoms with van der Waals surface area (Å²) in [5, 5.41) is 12.5. The SMILES string of the molecule is COc1ccc2sc(CNc3nncc(N4[C@H](C)CCC[C@@H]4C)n3)nc2c1. The molecule has 27 heavy (non-hydrogen) atoms. The van der Waals surface area contributed by atoms with Crippen LogP contribution < -0.4 is 15.0 Å². The van der Waals surface area contributed by atoms with Gasteiger partial charge in [0, 0.05) is 18.2 Å². The Morgan fingerprint density at radius 1 is 1.22 bits per heavy atom. The highest BCUT2D eigenvalue weighted by Gasteiger charge is 2.26. The van der Waals surface area contributed by atoms with E-state index in [1.807, 2.05) is 18.2 Å². The van der Waals surface area contributed by atoms with Gasteiger partial charge in [-0.1, -0.05) is 0 Å². The highest BCUT2D eigenvalue weighted by molar-refractivity contribution is 7.18. The molecule has 4 rings (SSSR count). The third-order valence-electron chi connectivity index (χ3n) is 5.04. The van der Waals surface area contributed by atoms with Crippen molar-refractivity contribution in [2.45, 2.75) is 51.7 Å². The van der Waals surface area contributed by atoms with Crippen LogP contribution in [-0.2, 0) is 6.54 Å². The van der Waals surface area contributed by atoms with Crippen LogP contribution in [0, 0.1) is 0 Å². The lowest BCUT2D eigenvalue weighted by atomic mass is 9.98. The fraction of sp³-hybridized carbons (Fsp3) is 0.474. The standard InChI is InChI=1S/C19H24N6OS/c1-12-5-4-6-13(2)25(12)17-10-21-24-19(23-17)20-11-18-22-15-9-14(26-3)7-8-16(15)27-18/h7-10,12-13H,4-6,11H2,1-3H3,(H,20,23,24)/t12-,13+. The van der Waals surface area contributed by atoms with Gasteiger partial charge in [-0.15, -0.1) is 16.4 Å². The molecule has 3 heterocycles. The Morgan fingerprint density at radius 2 is 2.04 bits per heavy atom. The number of anilines is 2. The minimum Gasteiger partial charge on any atom is -0.497 e. The lowest BCUT2D eigenvalue weighted by Gasteiger charge is -2.39. The smallest absolute Gasteiger partial charge is 0.245 e. The van der Waals surface area contributed by atoms with E-state index in [2.05, 4.69) is 39.2 Å². The normalized spacial score (nSPS) is 20.0. The molecule has 1 saturated heterocycles. The van der Waals surface area contributed by atoms with Crippen molar-refractivity contribution in [2.24, 2.45) is 0 Å². The molecule has 1 fully saturated rings. The minimum atomic E-state index is 0.470. The molecule has 0 radical (unpaired) electrons. The van der Waals surface area contributed by atoms with Crippen molar-refractivity contribution < 1.29 is 4.74 Å². The van der Waals surface area contributed by atoms with Gasteiger partial charge in [-0.2, -0.15) is 10.1 Å². The van der Waals surface area contributed by atoms with E-state index in [0.717, 1.165) is 26.8 Å². The summed E-state index contributed by atoms with van der Waals surface area (Å²) in [7, 11) is 1.66. The van der Waals surface area contributed by atoms with Gasteiger partial charge in [0.15, 0.2) is 5.82 Å². The van der Waals surface area contributed by atoms with Gasteiger partial charge in [0.2, 0.25) is 5.95 Å². The van der Waals surface area contributed by atoms with Gasteiger partial charge < -0.3 is 15.0 Å². The number of nitrogens with one attached hydrogen (secondary N) is 1. The van der Waals surface area contributed by atoms with Crippen LogP contribution in [0.5, 0.6) is 5.75 Å². The Morgan fingerprint density at radius 3 is 2.81 bits per heavy atom. The molecule has 1 aliphatic rings. The first-order valence-electron chi connectivity index (χ1n) is 9.29. The van der Waals surface area contributed by atoms with E-state index in [4.69, 9.17) is 9.72 Å². The lowest BCUT2D eigenvalue weighted by molar-refractivity contribution is 0.410. The molecule has 1 aromatic carbocycles. The number of fused-ring (bicyclic) bond motifs is 1. The fourth-order valence-corrected chi connectivity index (χ4v) is 4.57. The molecule has 0 bridgehead atoms. The first-order valence-corrected chi connectivity index (χ1v) is 10.1. The predicted molar refractivity (Wildman–Crippen MR) is 109 cm³/mol. The fourth-order valence-electron chi connectivity index (χ4n) is 3.68. The molecule has 1 aliphatic heterocycles. The Labute approximate surface area is 162 Å². The minimum absolute atomic E-state index is 0.470. The summed E-state index contributed by atoms with van der Waals surface area (Å²) in [4.78, 5) is 11.7. The van der Waals surface area contributed by atoms with Crippen molar-refractivity contribution in [1.82, 2.24) is 20.2 Å². The van der Waals surface area contributed by atoms with E-state index in [-0.39, 0.29) is 0 Å². The van der Waals surface area contributed by atoms with Gasteiger partial charge >= 0.3 is 0 Å². The molecule has 0 unspecified atom stereocenters. The maximum Gasteiger partial charge on any atom is 0.245 e. The highest BCUT2D eigenvalue weighted by Crippen LogP contribution is 2.28. The number of aromatic nitrogens is 4. The van der Waals surface area contributed by atoms with Crippen LogP contribution in [0.1, 0.15) is 38.1 Å². The van der Waals surface area contributed by atoms with E-state index < -0.39 is 0 Å². The first kappa shape index (κ1) is 17.9. The number of methoxy groups -OCH3 is 1. The topological polar surface area (TPSA) is 76.1 Å². The van der Waals surface area contributed by atoms with Crippen molar-refractivity contribution in [3.8, 4) is 5.75 Å². The quantitative estimate of drug-likeness (QED) is 0.715. The number of piperidine rings is 1. The largest absolute Gasteiger partial charge is 0.497 e. The molecular formula is C19H24N6OS. The Hall–Kier alpha value is -2.48. The molecule has 0 spiro atoms. The number of rotatable bonds is 5. The summed E-state index contributed by atoms with van der Waals surface area (Å²) in [6.07, 6.45) is 5.40. The average molecular weight is 385 g/mol. The second-order valence-electron chi connectivity index (χ2n) is 6.97. The van der Waals surface area contributed by atoms with Crippen LogP contribution >= 0.6 is 11.3 Å². The predicted octanol–water partition coefficient (Wildman–Crippen LogP) is 3.87. The molecule has 0 saturated carbocycles. The Kier molecular flexibility index (Phi) is 5.07. The van der Waals surface area contributed by atoms with Gasteiger partial charge in [-0.25, -0.2) is 4.98 Å². The third-order valence-corrected chi connectivity index (χ3v) is 6.08. The van der Waals surface area contributed by atoms with Gasteiger partial charge in [0.1, 0.15) is 10.8 Å². The summed E-state index contributed by atoms with van der Waals surface area (Å²) in [5.74, 6) is 2.24. The van der Waals surface area contributed by atoms with Crippen molar-refractivity contribution in [3.63, 3.8) is 0 Å².